The smallest absolute Gasteiger partial charge is 0.226 e. The number of hydrogen-bond acceptors (Lipinski definition) is 5. The van der Waals surface area contributed by atoms with Gasteiger partial charge in [-0.1, -0.05) is 12.1 Å². The highest BCUT2D eigenvalue weighted by molar-refractivity contribution is 5.94. The van der Waals surface area contributed by atoms with Gasteiger partial charge < -0.3 is 15.0 Å². The number of amides is 1. The van der Waals surface area contributed by atoms with Crippen molar-refractivity contribution in [3.05, 3.63) is 42.1 Å². The molecule has 0 radical (unpaired) electrons. The van der Waals surface area contributed by atoms with Crippen LogP contribution in [0.1, 0.15) is 24.8 Å². The summed E-state index contributed by atoms with van der Waals surface area (Å²) in [6.45, 7) is 1.39. The van der Waals surface area contributed by atoms with Gasteiger partial charge in [-0.2, -0.15) is 4.98 Å². The molecule has 1 aliphatic rings. The highest BCUT2D eigenvalue weighted by Crippen LogP contribution is 2.22. The van der Waals surface area contributed by atoms with Crippen molar-refractivity contribution in [2.45, 2.75) is 25.8 Å². The molecule has 1 aromatic carbocycles. The number of ether oxygens (including phenoxy) is 1. The van der Waals surface area contributed by atoms with E-state index in [0.717, 1.165) is 30.6 Å². The van der Waals surface area contributed by atoms with Crippen molar-refractivity contribution in [2.24, 2.45) is 0 Å². The van der Waals surface area contributed by atoms with Gasteiger partial charge in [-0.15, -0.1) is 0 Å². The Bertz CT molecular complexity index is 690. The molecule has 1 amide bonds. The van der Waals surface area contributed by atoms with Crippen LogP contribution in [-0.2, 0) is 11.3 Å². The molecule has 2 heterocycles. The van der Waals surface area contributed by atoms with Gasteiger partial charge in [0, 0.05) is 37.5 Å². The maximum absolute atomic E-state index is 12.0. The standard InChI is InChI=1S/C17H20N4O2/c1-23-15-8-9-18-17(20-15)19-12-13-5-4-6-14(11-13)21-10-3-2-7-16(21)22/h4-6,8-9,11H,2-3,7,10,12H2,1H3,(H,18,19,20). The van der Waals surface area contributed by atoms with E-state index in [1.807, 2.05) is 29.2 Å². The molecule has 0 unspecified atom stereocenters. The van der Waals surface area contributed by atoms with Gasteiger partial charge in [-0.25, -0.2) is 4.98 Å². The number of hydrogen-bond donors (Lipinski definition) is 1. The maximum Gasteiger partial charge on any atom is 0.226 e. The maximum atomic E-state index is 12.0. The third kappa shape index (κ3) is 3.77. The summed E-state index contributed by atoms with van der Waals surface area (Å²) in [7, 11) is 1.57. The van der Waals surface area contributed by atoms with Crippen LogP contribution < -0.4 is 15.0 Å². The Morgan fingerprint density at radius 1 is 1.30 bits per heavy atom. The number of anilines is 2. The molecule has 1 fully saturated rings. The number of methoxy groups -OCH3 is 1. The molecule has 1 saturated heterocycles. The van der Waals surface area contributed by atoms with Crippen LogP contribution in [0.25, 0.3) is 0 Å². The van der Waals surface area contributed by atoms with Crippen LogP contribution in [0.4, 0.5) is 11.6 Å². The average Bonchev–Trinajstić information content (AvgIpc) is 2.61. The second kappa shape index (κ2) is 7.09. The number of carbonyl (C=O) groups excluding carboxylic acids is 1. The van der Waals surface area contributed by atoms with Gasteiger partial charge in [0.05, 0.1) is 7.11 Å². The number of rotatable bonds is 5. The fourth-order valence-electron chi connectivity index (χ4n) is 2.64. The lowest BCUT2D eigenvalue weighted by atomic mass is 10.1. The molecule has 6 heteroatoms. The van der Waals surface area contributed by atoms with Gasteiger partial charge in [0.2, 0.25) is 17.7 Å². The number of benzene rings is 1. The molecule has 1 aromatic heterocycles. The quantitative estimate of drug-likeness (QED) is 0.919. The van der Waals surface area contributed by atoms with Crippen LogP contribution in [-0.4, -0.2) is 29.5 Å². The lowest BCUT2D eigenvalue weighted by Gasteiger charge is -2.27. The number of carbonyl (C=O) groups is 1. The van der Waals surface area contributed by atoms with E-state index in [4.69, 9.17) is 4.74 Å². The molecule has 2 aromatic rings. The first kappa shape index (κ1) is 15.3. The summed E-state index contributed by atoms with van der Waals surface area (Å²) in [5.74, 6) is 1.25. The van der Waals surface area contributed by atoms with E-state index in [2.05, 4.69) is 15.3 Å². The molecule has 0 spiro atoms. The number of aromatic nitrogens is 2. The minimum absolute atomic E-state index is 0.206. The van der Waals surface area contributed by atoms with E-state index in [1.165, 1.54) is 0 Å². The molecule has 0 saturated carbocycles. The monoisotopic (exact) mass is 312 g/mol. The zero-order chi connectivity index (χ0) is 16.1. The van der Waals surface area contributed by atoms with Gasteiger partial charge in [0.1, 0.15) is 0 Å². The molecule has 0 atom stereocenters. The van der Waals surface area contributed by atoms with Crippen molar-refractivity contribution >= 4 is 17.5 Å². The fourth-order valence-corrected chi connectivity index (χ4v) is 2.64. The summed E-state index contributed by atoms with van der Waals surface area (Å²) >= 11 is 0. The van der Waals surface area contributed by atoms with Crippen LogP contribution in [0.15, 0.2) is 36.5 Å². The van der Waals surface area contributed by atoms with E-state index in [9.17, 15) is 4.79 Å². The molecular weight excluding hydrogens is 292 g/mol. The highest BCUT2D eigenvalue weighted by atomic mass is 16.5. The van der Waals surface area contributed by atoms with Crippen LogP contribution in [0.2, 0.25) is 0 Å². The Morgan fingerprint density at radius 3 is 3.04 bits per heavy atom. The molecule has 1 N–H and O–H groups in total. The SMILES string of the molecule is COc1ccnc(NCc2cccc(N3CCCCC3=O)c2)n1. The number of piperidine rings is 1. The van der Waals surface area contributed by atoms with E-state index >= 15 is 0 Å². The van der Waals surface area contributed by atoms with Crippen molar-refractivity contribution in [3.63, 3.8) is 0 Å². The Kier molecular flexibility index (Phi) is 4.71. The van der Waals surface area contributed by atoms with E-state index in [1.54, 1.807) is 19.4 Å². The minimum atomic E-state index is 0.206. The van der Waals surface area contributed by atoms with Crippen molar-refractivity contribution in [1.29, 1.82) is 0 Å². The van der Waals surface area contributed by atoms with Crippen molar-refractivity contribution < 1.29 is 9.53 Å². The summed E-state index contributed by atoms with van der Waals surface area (Å²) < 4.78 is 5.08. The Balaban J connectivity index is 1.68. The van der Waals surface area contributed by atoms with E-state index < -0.39 is 0 Å². The topological polar surface area (TPSA) is 67.3 Å². The Labute approximate surface area is 135 Å². The summed E-state index contributed by atoms with van der Waals surface area (Å²) in [6, 6.07) is 9.71. The second-order valence-electron chi connectivity index (χ2n) is 5.45. The second-order valence-corrected chi connectivity index (χ2v) is 5.45. The van der Waals surface area contributed by atoms with Gasteiger partial charge in [0.15, 0.2) is 0 Å². The largest absolute Gasteiger partial charge is 0.481 e. The molecule has 23 heavy (non-hydrogen) atoms. The van der Waals surface area contributed by atoms with Crippen LogP contribution in [0, 0.1) is 0 Å². The summed E-state index contributed by atoms with van der Waals surface area (Å²) in [5.41, 5.74) is 2.04. The summed E-state index contributed by atoms with van der Waals surface area (Å²) in [6.07, 6.45) is 4.34. The lowest BCUT2D eigenvalue weighted by molar-refractivity contribution is -0.119. The zero-order valence-electron chi connectivity index (χ0n) is 13.2. The molecule has 1 aliphatic heterocycles. The lowest BCUT2D eigenvalue weighted by Crippen LogP contribution is -2.35. The van der Waals surface area contributed by atoms with Crippen LogP contribution in [0.5, 0.6) is 5.88 Å². The molecule has 6 nitrogen and oxygen atoms in total. The van der Waals surface area contributed by atoms with Crippen molar-refractivity contribution in [1.82, 2.24) is 9.97 Å². The van der Waals surface area contributed by atoms with Crippen LogP contribution >= 0.6 is 0 Å². The number of nitrogens with zero attached hydrogens (tertiary/aromatic N) is 3. The summed E-state index contributed by atoms with van der Waals surface area (Å²) in [4.78, 5) is 22.3. The molecular formula is C17H20N4O2. The van der Waals surface area contributed by atoms with Crippen molar-refractivity contribution in [2.75, 3.05) is 23.9 Å². The first-order valence-corrected chi connectivity index (χ1v) is 7.76. The Hall–Kier alpha value is -2.63. The predicted molar refractivity (Wildman–Crippen MR) is 88.6 cm³/mol. The zero-order valence-corrected chi connectivity index (χ0v) is 13.2. The number of nitrogens with one attached hydrogen (secondary N) is 1. The normalized spacial score (nSPS) is 14.7. The third-order valence-corrected chi connectivity index (χ3v) is 3.84. The molecule has 120 valence electrons. The van der Waals surface area contributed by atoms with E-state index in [-0.39, 0.29) is 5.91 Å². The first-order valence-electron chi connectivity index (χ1n) is 7.76. The van der Waals surface area contributed by atoms with Crippen molar-refractivity contribution in [3.8, 4) is 5.88 Å². The van der Waals surface area contributed by atoms with Crippen LogP contribution in [0.3, 0.4) is 0 Å². The molecule has 3 rings (SSSR count). The first-order chi connectivity index (χ1) is 11.3. The average molecular weight is 312 g/mol. The van der Waals surface area contributed by atoms with Gasteiger partial charge in [-0.05, 0) is 30.5 Å². The van der Waals surface area contributed by atoms with Gasteiger partial charge in [-0.3, -0.25) is 4.79 Å². The minimum Gasteiger partial charge on any atom is -0.481 e. The fraction of sp³-hybridized carbons (Fsp3) is 0.353. The molecule has 0 aliphatic carbocycles. The summed E-state index contributed by atoms with van der Waals surface area (Å²) in [5, 5.41) is 3.17. The van der Waals surface area contributed by atoms with E-state index in [0.29, 0.717) is 24.8 Å². The Morgan fingerprint density at radius 2 is 2.22 bits per heavy atom. The highest BCUT2D eigenvalue weighted by Gasteiger charge is 2.19. The predicted octanol–water partition coefficient (Wildman–Crippen LogP) is 2.61. The molecule has 0 bridgehead atoms. The van der Waals surface area contributed by atoms with Gasteiger partial charge >= 0.3 is 0 Å². The third-order valence-electron chi connectivity index (χ3n) is 3.84. The van der Waals surface area contributed by atoms with Gasteiger partial charge in [0.25, 0.3) is 0 Å².